The molecule has 1 aliphatic carbocycles. The lowest BCUT2D eigenvalue weighted by Gasteiger charge is -2.05. The second-order valence-corrected chi connectivity index (χ2v) is 7.77. The minimum absolute atomic E-state index is 1.24. The van der Waals surface area contributed by atoms with Crippen molar-refractivity contribution < 1.29 is 0 Å². The summed E-state index contributed by atoms with van der Waals surface area (Å²) in [4.78, 5) is 0. The van der Waals surface area contributed by atoms with Crippen LogP contribution in [0.5, 0.6) is 0 Å². The second-order valence-electron chi connectivity index (χ2n) is 7.77. The summed E-state index contributed by atoms with van der Waals surface area (Å²) >= 11 is 0. The third-order valence-electron chi connectivity index (χ3n) is 5.07. The molecule has 0 heteroatoms. The Kier molecular flexibility index (Phi) is 11.6. The van der Waals surface area contributed by atoms with E-state index in [1.807, 2.05) is 0 Å². The number of hydrogen-bond donors (Lipinski definition) is 0. The Hall–Kier alpha value is -1.04. The summed E-state index contributed by atoms with van der Waals surface area (Å²) in [6, 6.07) is 0. The summed E-state index contributed by atoms with van der Waals surface area (Å²) in [6.45, 7) is 9.22. The molecule has 0 aromatic rings. The summed E-state index contributed by atoms with van der Waals surface area (Å²) in [5.41, 5.74) is 6.32. The van der Waals surface area contributed by atoms with Crippen LogP contribution in [0, 0.1) is 0 Å². The Labute approximate surface area is 151 Å². The van der Waals surface area contributed by atoms with E-state index in [1.165, 1.54) is 77.0 Å². The van der Waals surface area contributed by atoms with E-state index >= 15 is 0 Å². The number of rotatable bonds is 0. The molecule has 0 aromatic carbocycles. The van der Waals surface area contributed by atoms with Gasteiger partial charge in [-0.2, -0.15) is 0 Å². The van der Waals surface area contributed by atoms with E-state index in [1.54, 1.807) is 22.3 Å². The fourth-order valence-corrected chi connectivity index (χ4v) is 3.33. The Bertz CT molecular complexity index is 368. The van der Waals surface area contributed by atoms with Gasteiger partial charge in [0.2, 0.25) is 0 Å². The Balaban J connectivity index is 2.53. The standard InChI is InChI=1S/C24H40/c1-21-13-5-7-15-22(2)17-9-11-19-24(4)20-12-10-18-23(3)16-8-6-14-21/h13,16-17,20H,5-12,14-15,18-19H2,1-4H3/b21-13-,22-17-,23-16-,24-20-. The van der Waals surface area contributed by atoms with Gasteiger partial charge >= 0.3 is 0 Å². The van der Waals surface area contributed by atoms with E-state index < -0.39 is 0 Å². The van der Waals surface area contributed by atoms with Gasteiger partial charge in [-0.15, -0.1) is 0 Å². The summed E-state index contributed by atoms with van der Waals surface area (Å²) in [5.74, 6) is 0. The van der Waals surface area contributed by atoms with Crippen molar-refractivity contribution in [1.29, 1.82) is 0 Å². The molecule has 1 aliphatic rings. The van der Waals surface area contributed by atoms with E-state index in [9.17, 15) is 0 Å². The number of allylic oxidation sites excluding steroid dienone is 8. The van der Waals surface area contributed by atoms with Gasteiger partial charge in [-0.1, -0.05) is 46.6 Å². The molecular formula is C24H40. The van der Waals surface area contributed by atoms with Gasteiger partial charge in [-0.25, -0.2) is 0 Å². The monoisotopic (exact) mass is 328 g/mol. The zero-order valence-electron chi connectivity index (χ0n) is 16.8. The van der Waals surface area contributed by atoms with Crippen molar-refractivity contribution in [1.82, 2.24) is 0 Å². The fraction of sp³-hybridized carbons (Fsp3) is 0.667. The molecule has 0 saturated carbocycles. The van der Waals surface area contributed by atoms with Gasteiger partial charge in [0.05, 0.1) is 0 Å². The van der Waals surface area contributed by atoms with E-state index in [4.69, 9.17) is 0 Å². The predicted octanol–water partition coefficient (Wildman–Crippen LogP) is 8.47. The van der Waals surface area contributed by atoms with Crippen LogP contribution in [0.2, 0.25) is 0 Å². The molecule has 0 aromatic heterocycles. The molecule has 0 spiro atoms. The van der Waals surface area contributed by atoms with Gasteiger partial charge in [-0.3, -0.25) is 0 Å². The summed E-state index contributed by atoms with van der Waals surface area (Å²) in [6.07, 6.45) is 25.1. The fourth-order valence-electron chi connectivity index (χ4n) is 3.33. The van der Waals surface area contributed by atoms with Gasteiger partial charge in [0.25, 0.3) is 0 Å². The highest BCUT2D eigenvalue weighted by atomic mass is 14.0. The van der Waals surface area contributed by atoms with Crippen molar-refractivity contribution in [2.75, 3.05) is 0 Å². The Morgan fingerprint density at radius 2 is 0.625 bits per heavy atom. The Morgan fingerprint density at radius 3 is 0.833 bits per heavy atom. The normalized spacial score (nSPS) is 29.8. The maximum Gasteiger partial charge on any atom is -0.0320 e. The molecule has 0 N–H and O–H groups in total. The van der Waals surface area contributed by atoms with Gasteiger partial charge in [-0.05, 0) is 105 Å². The average molecular weight is 329 g/mol. The molecule has 0 nitrogen and oxygen atoms in total. The summed E-state index contributed by atoms with van der Waals surface area (Å²) in [7, 11) is 0. The maximum absolute atomic E-state index is 2.47. The van der Waals surface area contributed by atoms with Crippen LogP contribution in [0.15, 0.2) is 46.6 Å². The van der Waals surface area contributed by atoms with Crippen LogP contribution in [0.4, 0.5) is 0 Å². The zero-order chi connectivity index (χ0) is 17.6. The van der Waals surface area contributed by atoms with Crippen molar-refractivity contribution in [2.24, 2.45) is 0 Å². The van der Waals surface area contributed by atoms with Crippen LogP contribution < -0.4 is 0 Å². The van der Waals surface area contributed by atoms with Crippen LogP contribution >= 0.6 is 0 Å². The smallest absolute Gasteiger partial charge is 0.0320 e. The maximum atomic E-state index is 2.47. The first-order valence-electron chi connectivity index (χ1n) is 10.2. The molecule has 0 radical (unpaired) electrons. The van der Waals surface area contributed by atoms with E-state index in [0.717, 1.165) is 0 Å². The minimum Gasteiger partial charge on any atom is -0.0856 e. The zero-order valence-corrected chi connectivity index (χ0v) is 16.8. The predicted molar refractivity (Wildman–Crippen MR) is 110 cm³/mol. The molecular weight excluding hydrogens is 288 g/mol. The largest absolute Gasteiger partial charge is 0.0856 e. The molecule has 0 amide bonds. The first-order valence-corrected chi connectivity index (χ1v) is 10.2. The Morgan fingerprint density at radius 1 is 0.417 bits per heavy atom. The summed E-state index contributed by atoms with van der Waals surface area (Å²) in [5, 5.41) is 0. The van der Waals surface area contributed by atoms with Crippen molar-refractivity contribution in [3.05, 3.63) is 46.6 Å². The molecule has 0 aliphatic heterocycles. The van der Waals surface area contributed by atoms with E-state index in [-0.39, 0.29) is 0 Å². The lowest BCUT2D eigenvalue weighted by molar-refractivity contribution is 0.769. The lowest BCUT2D eigenvalue weighted by atomic mass is 10.0. The number of hydrogen-bond acceptors (Lipinski definition) is 0. The molecule has 0 unspecified atom stereocenters. The van der Waals surface area contributed by atoms with Crippen LogP contribution in [-0.4, -0.2) is 0 Å². The average Bonchev–Trinajstić information content (AvgIpc) is 2.55. The van der Waals surface area contributed by atoms with Crippen molar-refractivity contribution in [3.8, 4) is 0 Å². The second kappa shape index (κ2) is 13.3. The molecule has 136 valence electrons. The van der Waals surface area contributed by atoms with Crippen LogP contribution in [0.25, 0.3) is 0 Å². The molecule has 24 heavy (non-hydrogen) atoms. The third-order valence-corrected chi connectivity index (χ3v) is 5.07. The first kappa shape index (κ1) is 21.0. The molecule has 0 atom stereocenters. The highest BCUT2D eigenvalue weighted by Crippen LogP contribution is 2.16. The SMILES string of the molecule is C/C1=C/CCC/C(C)=C\CCC/C(C)=C\CCC/C(C)=C\CCC1. The van der Waals surface area contributed by atoms with Gasteiger partial charge in [0.15, 0.2) is 0 Å². The van der Waals surface area contributed by atoms with Crippen molar-refractivity contribution in [2.45, 2.75) is 105 Å². The van der Waals surface area contributed by atoms with Crippen LogP contribution in [0.1, 0.15) is 105 Å². The molecule has 0 saturated heterocycles. The lowest BCUT2D eigenvalue weighted by Crippen LogP contribution is -1.85. The van der Waals surface area contributed by atoms with Gasteiger partial charge < -0.3 is 0 Å². The quantitative estimate of drug-likeness (QED) is 0.391. The highest BCUT2D eigenvalue weighted by molar-refractivity contribution is 5.04. The third kappa shape index (κ3) is 11.5. The molecule has 0 bridgehead atoms. The summed E-state index contributed by atoms with van der Waals surface area (Å²) < 4.78 is 0. The first-order chi connectivity index (χ1) is 11.6. The van der Waals surface area contributed by atoms with Gasteiger partial charge in [0, 0.05) is 0 Å². The minimum atomic E-state index is 1.24. The molecule has 1 rings (SSSR count). The molecule has 0 fully saturated rings. The topological polar surface area (TPSA) is 0 Å². The van der Waals surface area contributed by atoms with Crippen molar-refractivity contribution >= 4 is 0 Å². The van der Waals surface area contributed by atoms with Crippen LogP contribution in [0.3, 0.4) is 0 Å². The highest BCUT2D eigenvalue weighted by Gasteiger charge is 1.96. The van der Waals surface area contributed by atoms with E-state index in [2.05, 4.69) is 52.0 Å². The molecule has 0 heterocycles. The van der Waals surface area contributed by atoms with Gasteiger partial charge in [0.1, 0.15) is 0 Å². The van der Waals surface area contributed by atoms with Crippen LogP contribution in [-0.2, 0) is 0 Å². The van der Waals surface area contributed by atoms with E-state index in [0.29, 0.717) is 0 Å². The van der Waals surface area contributed by atoms with Crippen molar-refractivity contribution in [3.63, 3.8) is 0 Å².